The molecule has 4 rings (SSSR count). The van der Waals surface area contributed by atoms with Crippen molar-refractivity contribution in [2.75, 3.05) is 26.2 Å². The van der Waals surface area contributed by atoms with E-state index in [4.69, 9.17) is 0 Å². The van der Waals surface area contributed by atoms with E-state index in [1.54, 1.807) is 21.9 Å². The maximum atomic E-state index is 12.7. The number of halogens is 3. The molecule has 2 aliphatic heterocycles. The van der Waals surface area contributed by atoms with Crippen molar-refractivity contribution in [1.29, 1.82) is 0 Å². The van der Waals surface area contributed by atoms with E-state index in [0.717, 1.165) is 5.56 Å². The predicted octanol–water partition coefficient (Wildman–Crippen LogP) is 1.92. The molecule has 0 bridgehead atoms. The van der Waals surface area contributed by atoms with Gasteiger partial charge in [0.15, 0.2) is 0 Å². The van der Waals surface area contributed by atoms with Crippen LogP contribution in [0.3, 0.4) is 0 Å². The van der Waals surface area contributed by atoms with E-state index < -0.39 is 6.36 Å². The molecule has 3 fully saturated rings. The van der Waals surface area contributed by atoms with Gasteiger partial charge < -0.3 is 19.9 Å². The van der Waals surface area contributed by atoms with Gasteiger partial charge in [0.2, 0.25) is 5.91 Å². The lowest BCUT2D eigenvalue weighted by molar-refractivity contribution is -0.274. The van der Waals surface area contributed by atoms with Crippen molar-refractivity contribution in [2.24, 2.45) is 5.92 Å². The number of hydrogen-bond acceptors (Lipinski definition) is 3. The highest BCUT2D eigenvalue weighted by atomic mass is 19.4. The second-order valence-corrected chi connectivity index (χ2v) is 6.88. The topological polar surface area (TPSA) is 61.9 Å². The number of piperazine rings is 1. The summed E-state index contributed by atoms with van der Waals surface area (Å²) in [6, 6.07) is 5.66. The summed E-state index contributed by atoms with van der Waals surface area (Å²) in [7, 11) is 0. The molecular formula is C17H18F3N3O3. The van der Waals surface area contributed by atoms with Gasteiger partial charge in [-0.15, -0.1) is 13.2 Å². The number of hydrogen-bond donors (Lipinski definition) is 1. The molecule has 2 heterocycles. The lowest BCUT2D eigenvalue weighted by atomic mass is 10.1. The predicted molar refractivity (Wildman–Crippen MR) is 84.4 cm³/mol. The van der Waals surface area contributed by atoms with Crippen LogP contribution in [-0.2, 0) is 4.79 Å². The third-order valence-corrected chi connectivity index (χ3v) is 5.19. The van der Waals surface area contributed by atoms with Gasteiger partial charge in [0, 0.05) is 32.1 Å². The van der Waals surface area contributed by atoms with E-state index in [0.29, 0.717) is 32.6 Å². The molecule has 0 radical (unpaired) electrons. The van der Waals surface area contributed by atoms with E-state index in [-0.39, 0.29) is 35.6 Å². The Morgan fingerprint density at radius 2 is 1.92 bits per heavy atom. The van der Waals surface area contributed by atoms with Crippen LogP contribution in [0.1, 0.15) is 17.9 Å². The fraction of sp³-hybridized carbons (Fsp3) is 0.529. The fourth-order valence-electron chi connectivity index (χ4n) is 3.79. The Kier molecular flexibility index (Phi) is 3.96. The van der Waals surface area contributed by atoms with Crippen LogP contribution in [0.2, 0.25) is 0 Å². The van der Waals surface area contributed by atoms with Gasteiger partial charge in [0.1, 0.15) is 5.75 Å². The number of ether oxygens (including phenoxy) is 1. The van der Waals surface area contributed by atoms with Crippen molar-refractivity contribution in [3.63, 3.8) is 0 Å². The average molecular weight is 369 g/mol. The Hall–Kier alpha value is -2.45. The molecule has 0 spiro atoms. The maximum Gasteiger partial charge on any atom is 0.573 e. The minimum absolute atomic E-state index is 0.0243. The second kappa shape index (κ2) is 6.07. The largest absolute Gasteiger partial charge is 0.573 e. The summed E-state index contributed by atoms with van der Waals surface area (Å²) in [6.07, 6.45) is -4.02. The normalized spacial score (nSPS) is 27.8. The zero-order valence-electron chi connectivity index (χ0n) is 13.8. The minimum Gasteiger partial charge on any atom is -0.406 e. The van der Waals surface area contributed by atoms with Crippen LogP contribution < -0.4 is 10.1 Å². The highest BCUT2D eigenvalue weighted by Crippen LogP contribution is 2.49. The Morgan fingerprint density at radius 3 is 2.62 bits per heavy atom. The third-order valence-electron chi connectivity index (χ3n) is 5.19. The molecule has 1 aliphatic carbocycles. The minimum atomic E-state index is -4.71. The van der Waals surface area contributed by atoms with E-state index >= 15 is 0 Å². The molecule has 3 amide bonds. The molecular weight excluding hydrogens is 351 g/mol. The van der Waals surface area contributed by atoms with Crippen LogP contribution in [-0.4, -0.2) is 60.3 Å². The third kappa shape index (κ3) is 3.30. The summed E-state index contributed by atoms with van der Waals surface area (Å²) in [6.45, 7) is 2.13. The van der Waals surface area contributed by atoms with Crippen molar-refractivity contribution in [2.45, 2.75) is 24.7 Å². The maximum absolute atomic E-state index is 12.7. The standard InChI is InChI=1S/C17H18F3N3O3/c18-17(19,20)26-12-3-1-10(2-4-12)13-7-14(13)15(24)22-5-6-23-11(9-22)8-21-16(23)25/h1-4,11,13-14H,5-9H2,(H,21,25)/t11-,13+,14-/m1/s1. The molecule has 6 nitrogen and oxygen atoms in total. The molecule has 2 saturated heterocycles. The Bertz CT molecular complexity index is 722. The van der Waals surface area contributed by atoms with Gasteiger partial charge in [-0.1, -0.05) is 12.1 Å². The van der Waals surface area contributed by atoms with Gasteiger partial charge in [-0.25, -0.2) is 4.79 Å². The van der Waals surface area contributed by atoms with Crippen LogP contribution in [0.5, 0.6) is 5.75 Å². The molecule has 140 valence electrons. The highest BCUT2D eigenvalue weighted by molar-refractivity contribution is 5.84. The Balaban J connectivity index is 1.35. The quantitative estimate of drug-likeness (QED) is 0.886. The van der Waals surface area contributed by atoms with E-state index in [1.165, 1.54) is 12.1 Å². The van der Waals surface area contributed by atoms with Gasteiger partial charge in [-0.2, -0.15) is 0 Å². The molecule has 9 heteroatoms. The molecule has 1 aromatic carbocycles. The van der Waals surface area contributed by atoms with Crippen LogP contribution >= 0.6 is 0 Å². The van der Waals surface area contributed by atoms with Gasteiger partial charge in [0.25, 0.3) is 0 Å². The second-order valence-electron chi connectivity index (χ2n) is 6.88. The van der Waals surface area contributed by atoms with Crippen molar-refractivity contribution >= 4 is 11.9 Å². The molecule has 1 saturated carbocycles. The number of urea groups is 1. The van der Waals surface area contributed by atoms with Crippen molar-refractivity contribution in [3.05, 3.63) is 29.8 Å². The number of nitrogens with one attached hydrogen (secondary N) is 1. The number of alkyl halides is 3. The van der Waals surface area contributed by atoms with Crippen molar-refractivity contribution in [1.82, 2.24) is 15.1 Å². The van der Waals surface area contributed by atoms with Gasteiger partial charge in [0.05, 0.1) is 6.04 Å². The molecule has 3 atom stereocenters. The summed E-state index contributed by atoms with van der Waals surface area (Å²) >= 11 is 0. The van der Waals surface area contributed by atoms with Gasteiger partial charge >= 0.3 is 12.4 Å². The lowest BCUT2D eigenvalue weighted by Crippen LogP contribution is -2.54. The zero-order valence-corrected chi connectivity index (χ0v) is 13.8. The number of benzene rings is 1. The number of carbonyl (C=O) groups excluding carboxylic acids is 2. The van der Waals surface area contributed by atoms with Crippen LogP contribution in [0.4, 0.5) is 18.0 Å². The van der Waals surface area contributed by atoms with E-state index in [1.807, 2.05) is 0 Å². The molecule has 1 N–H and O–H groups in total. The summed E-state index contributed by atoms with van der Waals surface area (Å²) < 4.78 is 40.5. The summed E-state index contributed by atoms with van der Waals surface area (Å²) in [4.78, 5) is 27.9. The smallest absolute Gasteiger partial charge is 0.406 e. The number of fused-ring (bicyclic) bond motifs is 1. The summed E-state index contributed by atoms with van der Waals surface area (Å²) in [5.74, 6) is -0.311. The summed E-state index contributed by atoms with van der Waals surface area (Å²) in [5, 5.41) is 2.78. The van der Waals surface area contributed by atoms with Crippen LogP contribution in [0, 0.1) is 5.92 Å². The van der Waals surface area contributed by atoms with Gasteiger partial charge in [-0.05, 0) is 30.0 Å². The first kappa shape index (κ1) is 17.0. The number of carbonyl (C=O) groups is 2. The van der Waals surface area contributed by atoms with Crippen LogP contribution in [0.15, 0.2) is 24.3 Å². The van der Waals surface area contributed by atoms with Gasteiger partial charge in [-0.3, -0.25) is 4.79 Å². The molecule has 0 aromatic heterocycles. The molecule has 1 aromatic rings. The SMILES string of the molecule is O=C([C@@H]1C[C@H]1c1ccc(OC(F)(F)F)cc1)N1CCN2C(=O)NC[C@@H]2C1. The first-order chi connectivity index (χ1) is 12.3. The number of nitrogens with zero attached hydrogens (tertiary/aromatic N) is 2. The van der Waals surface area contributed by atoms with Crippen molar-refractivity contribution in [3.8, 4) is 5.75 Å². The monoisotopic (exact) mass is 369 g/mol. The number of rotatable bonds is 3. The van der Waals surface area contributed by atoms with E-state index in [2.05, 4.69) is 10.1 Å². The van der Waals surface area contributed by atoms with Crippen molar-refractivity contribution < 1.29 is 27.5 Å². The number of amides is 3. The Labute approximate surface area is 147 Å². The average Bonchev–Trinajstić information content (AvgIpc) is 3.31. The first-order valence-electron chi connectivity index (χ1n) is 8.51. The van der Waals surface area contributed by atoms with Crippen LogP contribution in [0.25, 0.3) is 0 Å². The molecule has 26 heavy (non-hydrogen) atoms. The zero-order chi connectivity index (χ0) is 18.5. The highest BCUT2D eigenvalue weighted by Gasteiger charge is 2.47. The van der Waals surface area contributed by atoms with E-state index in [9.17, 15) is 22.8 Å². The first-order valence-corrected chi connectivity index (χ1v) is 8.51. The lowest BCUT2D eigenvalue weighted by Gasteiger charge is -2.36. The fourth-order valence-corrected chi connectivity index (χ4v) is 3.79. The molecule has 3 aliphatic rings. The molecule has 0 unspecified atom stereocenters. The summed E-state index contributed by atoms with van der Waals surface area (Å²) in [5.41, 5.74) is 0.842. The Morgan fingerprint density at radius 1 is 1.19 bits per heavy atom.